The van der Waals surface area contributed by atoms with E-state index in [1.54, 1.807) is 6.92 Å². The third-order valence-corrected chi connectivity index (χ3v) is 2.40. The van der Waals surface area contributed by atoms with Gasteiger partial charge in [0.1, 0.15) is 5.82 Å². The van der Waals surface area contributed by atoms with Gasteiger partial charge in [0.25, 0.3) is 0 Å². The largest absolute Gasteiger partial charge is 0.323 e. The summed E-state index contributed by atoms with van der Waals surface area (Å²) < 4.78 is 39.1. The molecule has 1 atom stereocenters. The monoisotopic (exact) mass is 260 g/mol. The molecular formula is C12H15F3N2O. The van der Waals surface area contributed by atoms with Gasteiger partial charge in [0.05, 0.1) is 5.69 Å². The van der Waals surface area contributed by atoms with Crippen LogP contribution in [0.3, 0.4) is 0 Å². The van der Waals surface area contributed by atoms with Crippen molar-refractivity contribution < 1.29 is 18.0 Å². The molecule has 1 unspecified atom stereocenters. The van der Waals surface area contributed by atoms with Crippen molar-refractivity contribution in [1.29, 1.82) is 0 Å². The molecule has 1 rings (SSSR count). The van der Waals surface area contributed by atoms with Gasteiger partial charge < -0.3 is 10.6 Å². The molecule has 1 amide bonds. The van der Waals surface area contributed by atoms with Crippen LogP contribution in [0.4, 0.5) is 18.9 Å². The number of amides is 1. The first kappa shape index (κ1) is 14.5. The molecule has 18 heavy (non-hydrogen) atoms. The highest BCUT2D eigenvalue weighted by molar-refractivity contribution is 5.92. The molecule has 0 saturated heterocycles. The predicted molar refractivity (Wildman–Crippen MR) is 62.7 cm³/mol. The Balaban J connectivity index is 2.75. The van der Waals surface area contributed by atoms with Crippen molar-refractivity contribution >= 4 is 11.6 Å². The highest BCUT2D eigenvalue weighted by atomic mass is 19.2. The summed E-state index contributed by atoms with van der Waals surface area (Å²) in [6.45, 7) is 4.61. The molecule has 3 nitrogen and oxygen atoms in total. The van der Waals surface area contributed by atoms with Crippen LogP contribution in [0, 0.1) is 23.4 Å². The van der Waals surface area contributed by atoms with Crippen molar-refractivity contribution in [1.82, 2.24) is 5.32 Å². The fourth-order valence-corrected chi connectivity index (χ4v) is 1.36. The Kier molecular flexibility index (Phi) is 5.15. The van der Waals surface area contributed by atoms with Crippen LogP contribution >= 0.6 is 0 Å². The third kappa shape index (κ3) is 3.73. The van der Waals surface area contributed by atoms with Gasteiger partial charge in [-0.15, -0.1) is 0 Å². The number of carbonyl (C=O) groups is 1. The lowest BCUT2D eigenvalue weighted by molar-refractivity contribution is -0.119. The molecule has 0 radical (unpaired) electrons. The molecular weight excluding hydrogens is 245 g/mol. The summed E-state index contributed by atoms with van der Waals surface area (Å²) in [4.78, 5) is 11.6. The molecule has 0 fully saturated rings. The molecule has 0 aliphatic heterocycles. The minimum atomic E-state index is -1.33. The fourth-order valence-electron chi connectivity index (χ4n) is 1.36. The van der Waals surface area contributed by atoms with E-state index in [4.69, 9.17) is 0 Å². The van der Waals surface area contributed by atoms with Gasteiger partial charge in [-0.1, -0.05) is 13.8 Å². The van der Waals surface area contributed by atoms with Gasteiger partial charge in [-0.25, -0.2) is 13.2 Å². The summed E-state index contributed by atoms with van der Waals surface area (Å²) in [6.07, 6.45) is 0. The van der Waals surface area contributed by atoms with Crippen LogP contribution in [0.2, 0.25) is 0 Å². The number of anilines is 1. The molecule has 0 aliphatic carbocycles. The lowest BCUT2D eigenvalue weighted by Crippen LogP contribution is -2.30. The van der Waals surface area contributed by atoms with Gasteiger partial charge in [0.15, 0.2) is 11.6 Å². The SMILES string of the molecule is CCNCC(C)C(=O)Nc1cc(F)cc(F)c1F. The molecule has 0 aromatic heterocycles. The van der Waals surface area contributed by atoms with Gasteiger partial charge in [-0.05, 0) is 6.54 Å². The van der Waals surface area contributed by atoms with Crippen LogP contribution in [0.5, 0.6) is 0 Å². The van der Waals surface area contributed by atoms with E-state index in [-0.39, 0.29) is 0 Å². The van der Waals surface area contributed by atoms with Crippen molar-refractivity contribution in [3.8, 4) is 0 Å². The number of hydrogen-bond acceptors (Lipinski definition) is 2. The lowest BCUT2D eigenvalue weighted by atomic mass is 10.1. The molecule has 0 bridgehead atoms. The standard InChI is InChI=1S/C12H15F3N2O/c1-3-16-6-7(2)12(18)17-10-5-8(13)4-9(14)11(10)15/h4-5,7,16H,3,6H2,1-2H3,(H,17,18). The molecule has 6 heteroatoms. The first-order chi connectivity index (χ1) is 8.45. The second-order valence-electron chi connectivity index (χ2n) is 3.95. The highest BCUT2D eigenvalue weighted by Crippen LogP contribution is 2.19. The van der Waals surface area contributed by atoms with Crippen LogP contribution in [0.1, 0.15) is 13.8 Å². The average molecular weight is 260 g/mol. The maximum absolute atomic E-state index is 13.3. The van der Waals surface area contributed by atoms with E-state index in [1.165, 1.54) is 0 Å². The molecule has 1 aromatic rings. The lowest BCUT2D eigenvalue weighted by Gasteiger charge is -2.13. The summed E-state index contributed by atoms with van der Waals surface area (Å²) in [5.41, 5.74) is -0.485. The second-order valence-corrected chi connectivity index (χ2v) is 3.95. The number of nitrogens with one attached hydrogen (secondary N) is 2. The van der Waals surface area contributed by atoms with Crippen molar-refractivity contribution in [2.75, 3.05) is 18.4 Å². The first-order valence-electron chi connectivity index (χ1n) is 5.61. The zero-order valence-corrected chi connectivity index (χ0v) is 10.2. The third-order valence-electron chi connectivity index (χ3n) is 2.40. The summed E-state index contributed by atoms with van der Waals surface area (Å²) in [5.74, 6) is -4.47. The molecule has 0 spiro atoms. The Hall–Kier alpha value is -1.56. The zero-order chi connectivity index (χ0) is 13.7. The fraction of sp³-hybridized carbons (Fsp3) is 0.417. The van der Waals surface area contributed by atoms with E-state index in [2.05, 4.69) is 10.6 Å². The summed E-state index contributed by atoms with van der Waals surface area (Å²) in [6, 6.07) is 1.17. The Morgan fingerprint density at radius 3 is 2.61 bits per heavy atom. The number of halogens is 3. The van der Waals surface area contributed by atoms with Crippen molar-refractivity contribution in [2.24, 2.45) is 5.92 Å². The number of rotatable bonds is 5. The topological polar surface area (TPSA) is 41.1 Å². The Morgan fingerprint density at radius 1 is 1.33 bits per heavy atom. The van der Waals surface area contributed by atoms with E-state index in [0.717, 1.165) is 6.07 Å². The molecule has 100 valence electrons. The number of hydrogen-bond donors (Lipinski definition) is 2. The first-order valence-corrected chi connectivity index (χ1v) is 5.61. The van der Waals surface area contributed by atoms with E-state index >= 15 is 0 Å². The summed E-state index contributed by atoms with van der Waals surface area (Å²) in [5, 5.41) is 5.12. The van der Waals surface area contributed by atoms with Crippen LogP contribution in [-0.4, -0.2) is 19.0 Å². The Bertz CT molecular complexity index is 438. The molecule has 2 N–H and O–H groups in total. The molecule has 1 aromatic carbocycles. The quantitative estimate of drug-likeness (QED) is 0.797. The van der Waals surface area contributed by atoms with Crippen molar-refractivity contribution in [3.05, 3.63) is 29.6 Å². The summed E-state index contributed by atoms with van der Waals surface area (Å²) >= 11 is 0. The molecule has 0 saturated carbocycles. The van der Waals surface area contributed by atoms with Crippen molar-refractivity contribution in [2.45, 2.75) is 13.8 Å². The highest BCUT2D eigenvalue weighted by Gasteiger charge is 2.17. The van der Waals surface area contributed by atoms with Crippen LogP contribution in [-0.2, 0) is 4.79 Å². The molecule has 0 heterocycles. The normalized spacial score (nSPS) is 12.3. The Labute approximate surface area is 103 Å². The number of benzene rings is 1. The van der Waals surface area contributed by atoms with E-state index < -0.39 is 35.0 Å². The molecule has 0 aliphatic rings. The van der Waals surface area contributed by atoms with Gasteiger partial charge in [-0.2, -0.15) is 0 Å². The predicted octanol–water partition coefficient (Wildman–Crippen LogP) is 2.29. The van der Waals surface area contributed by atoms with Gasteiger partial charge in [0, 0.05) is 24.6 Å². The van der Waals surface area contributed by atoms with Gasteiger partial charge in [-0.3, -0.25) is 4.79 Å². The minimum absolute atomic E-state index is 0.405. The smallest absolute Gasteiger partial charge is 0.228 e. The van der Waals surface area contributed by atoms with E-state index in [1.807, 2.05) is 6.92 Å². The van der Waals surface area contributed by atoms with E-state index in [9.17, 15) is 18.0 Å². The maximum atomic E-state index is 13.3. The van der Waals surface area contributed by atoms with E-state index in [0.29, 0.717) is 19.2 Å². The Morgan fingerprint density at radius 2 is 2.00 bits per heavy atom. The van der Waals surface area contributed by atoms with Crippen LogP contribution in [0.15, 0.2) is 12.1 Å². The second kappa shape index (κ2) is 6.39. The average Bonchev–Trinajstić information content (AvgIpc) is 2.32. The van der Waals surface area contributed by atoms with Crippen LogP contribution in [0.25, 0.3) is 0 Å². The number of carbonyl (C=O) groups excluding carboxylic acids is 1. The van der Waals surface area contributed by atoms with Crippen molar-refractivity contribution in [3.63, 3.8) is 0 Å². The summed E-state index contributed by atoms with van der Waals surface area (Å²) in [7, 11) is 0. The maximum Gasteiger partial charge on any atom is 0.228 e. The van der Waals surface area contributed by atoms with Crippen LogP contribution < -0.4 is 10.6 Å². The van der Waals surface area contributed by atoms with Gasteiger partial charge >= 0.3 is 0 Å². The van der Waals surface area contributed by atoms with Gasteiger partial charge in [0.2, 0.25) is 5.91 Å². The zero-order valence-electron chi connectivity index (χ0n) is 10.2. The minimum Gasteiger partial charge on any atom is -0.323 e.